The molecule has 0 atom stereocenters. The molecule has 0 aliphatic heterocycles. The number of halogens is 1. The molecule has 112 valence electrons. The highest BCUT2D eigenvalue weighted by Gasteiger charge is 2.21. The van der Waals surface area contributed by atoms with Gasteiger partial charge in [0.25, 0.3) is 5.69 Å². The molecule has 8 heteroatoms. The van der Waals surface area contributed by atoms with Crippen LogP contribution in [0.5, 0.6) is 0 Å². The van der Waals surface area contributed by atoms with Gasteiger partial charge in [-0.2, -0.15) is 0 Å². The highest BCUT2D eigenvalue weighted by Crippen LogP contribution is 2.37. The number of benzene rings is 1. The van der Waals surface area contributed by atoms with E-state index in [9.17, 15) is 10.1 Å². The van der Waals surface area contributed by atoms with E-state index in [1.54, 1.807) is 12.1 Å². The lowest BCUT2D eigenvalue weighted by Crippen LogP contribution is -2.14. The van der Waals surface area contributed by atoms with Gasteiger partial charge in [-0.15, -0.1) is 10.2 Å². The van der Waals surface area contributed by atoms with Crippen molar-refractivity contribution in [2.75, 3.05) is 13.1 Å². The minimum atomic E-state index is -0.451. The Kier molecular flexibility index (Phi) is 5.60. The van der Waals surface area contributed by atoms with Crippen LogP contribution in [-0.2, 0) is 6.42 Å². The van der Waals surface area contributed by atoms with E-state index in [1.807, 2.05) is 0 Å². The Balaban J connectivity index is 2.20. The molecule has 1 heterocycles. The summed E-state index contributed by atoms with van der Waals surface area (Å²) in [5.41, 5.74) is 0.303. The first kappa shape index (κ1) is 15.8. The summed E-state index contributed by atoms with van der Waals surface area (Å²) < 4.78 is 0. The summed E-state index contributed by atoms with van der Waals surface area (Å²) in [6.45, 7) is 3.91. The highest BCUT2D eigenvalue weighted by atomic mass is 35.5. The van der Waals surface area contributed by atoms with Crippen molar-refractivity contribution in [2.24, 2.45) is 0 Å². The molecule has 0 aliphatic carbocycles. The minimum absolute atomic E-state index is 0.0437. The second kappa shape index (κ2) is 7.44. The van der Waals surface area contributed by atoms with Crippen molar-refractivity contribution in [2.45, 2.75) is 19.8 Å². The maximum atomic E-state index is 11.1. The first-order chi connectivity index (χ1) is 10.1. The second-order valence-electron chi connectivity index (χ2n) is 4.35. The zero-order valence-corrected chi connectivity index (χ0v) is 13.1. The van der Waals surface area contributed by atoms with Gasteiger partial charge in [0.2, 0.25) is 0 Å². The van der Waals surface area contributed by atoms with Crippen LogP contribution in [0.15, 0.2) is 18.2 Å². The molecule has 1 aromatic carbocycles. The Hall–Kier alpha value is -1.57. The molecule has 2 rings (SSSR count). The van der Waals surface area contributed by atoms with Gasteiger partial charge >= 0.3 is 0 Å². The van der Waals surface area contributed by atoms with E-state index >= 15 is 0 Å². The van der Waals surface area contributed by atoms with Crippen molar-refractivity contribution in [3.05, 3.63) is 38.3 Å². The zero-order chi connectivity index (χ0) is 15.2. The third-order valence-electron chi connectivity index (χ3n) is 2.86. The van der Waals surface area contributed by atoms with Gasteiger partial charge < -0.3 is 5.32 Å². The second-order valence-corrected chi connectivity index (χ2v) is 5.82. The molecule has 1 aromatic heterocycles. The van der Waals surface area contributed by atoms with Gasteiger partial charge in [0, 0.05) is 12.5 Å². The van der Waals surface area contributed by atoms with Crippen molar-refractivity contribution in [3.63, 3.8) is 0 Å². The number of aryl methyl sites for hydroxylation is 1. The molecule has 0 saturated carbocycles. The molecule has 0 amide bonds. The summed E-state index contributed by atoms with van der Waals surface area (Å²) in [6.07, 6.45) is 1.75. The van der Waals surface area contributed by atoms with Gasteiger partial charge in [0.05, 0.1) is 9.95 Å². The van der Waals surface area contributed by atoms with E-state index in [1.165, 1.54) is 17.4 Å². The van der Waals surface area contributed by atoms with E-state index in [0.29, 0.717) is 15.6 Å². The molecule has 0 unspecified atom stereocenters. The van der Waals surface area contributed by atoms with Crippen molar-refractivity contribution < 1.29 is 4.92 Å². The molecule has 0 spiro atoms. The fourth-order valence-corrected chi connectivity index (χ4v) is 3.14. The smallest absolute Gasteiger partial charge is 0.281 e. The molecule has 1 N–H and O–H groups in total. The summed E-state index contributed by atoms with van der Waals surface area (Å²) in [6, 6.07) is 4.60. The van der Waals surface area contributed by atoms with Gasteiger partial charge in [-0.05, 0) is 25.6 Å². The highest BCUT2D eigenvalue weighted by molar-refractivity contribution is 7.14. The predicted octanol–water partition coefficient (Wildman–Crippen LogP) is 3.31. The average Bonchev–Trinajstić information content (AvgIpc) is 2.91. The van der Waals surface area contributed by atoms with Crippen LogP contribution in [0.25, 0.3) is 10.6 Å². The SMILES string of the molecule is CCNCCCc1nnc(-c2c(Cl)cccc2[N+](=O)[O-])s1. The predicted molar refractivity (Wildman–Crippen MR) is 83.9 cm³/mol. The van der Waals surface area contributed by atoms with Crippen LogP contribution < -0.4 is 5.32 Å². The Morgan fingerprint density at radius 2 is 2.24 bits per heavy atom. The van der Waals surface area contributed by atoms with E-state index in [2.05, 4.69) is 22.4 Å². The number of nitro groups is 1. The Bertz CT molecular complexity index is 632. The number of rotatable bonds is 7. The van der Waals surface area contributed by atoms with Crippen molar-refractivity contribution in [1.29, 1.82) is 0 Å². The fraction of sp³-hybridized carbons (Fsp3) is 0.385. The third kappa shape index (κ3) is 3.96. The largest absolute Gasteiger partial charge is 0.317 e. The standard InChI is InChI=1S/C13H15ClN4O2S/c1-2-15-8-4-7-11-16-17-13(21-11)12-9(14)5-3-6-10(12)18(19)20/h3,5-6,15H,2,4,7-8H2,1H3. The van der Waals surface area contributed by atoms with Gasteiger partial charge in [-0.3, -0.25) is 10.1 Å². The summed E-state index contributed by atoms with van der Waals surface area (Å²) in [5.74, 6) is 0. The Morgan fingerprint density at radius 3 is 2.95 bits per heavy atom. The lowest BCUT2D eigenvalue weighted by molar-refractivity contribution is -0.384. The summed E-state index contributed by atoms with van der Waals surface area (Å²) >= 11 is 7.44. The third-order valence-corrected chi connectivity index (χ3v) is 4.18. The Labute approximate surface area is 131 Å². The summed E-state index contributed by atoms with van der Waals surface area (Å²) in [7, 11) is 0. The summed E-state index contributed by atoms with van der Waals surface area (Å²) in [4.78, 5) is 10.6. The number of aromatic nitrogens is 2. The molecule has 0 fully saturated rings. The van der Waals surface area contributed by atoms with Crippen LogP contribution in [0.3, 0.4) is 0 Å². The lowest BCUT2D eigenvalue weighted by atomic mass is 10.2. The molecule has 21 heavy (non-hydrogen) atoms. The molecule has 0 radical (unpaired) electrons. The molecule has 6 nitrogen and oxygen atoms in total. The number of nitrogens with zero attached hydrogens (tertiary/aromatic N) is 3. The van der Waals surface area contributed by atoms with Gasteiger partial charge in [-0.1, -0.05) is 35.9 Å². The van der Waals surface area contributed by atoms with E-state index in [0.717, 1.165) is 30.9 Å². The number of hydrogen-bond acceptors (Lipinski definition) is 6. The van der Waals surface area contributed by atoms with Crippen molar-refractivity contribution >= 4 is 28.6 Å². The van der Waals surface area contributed by atoms with E-state index < -0.39 is 4.92 Å². The van der Waals surface area contributed by atoms with E-state index in [-0.39, 0.29) is 5.69 Å². The number of hydrogen-bond donors (Lipinski definition) is 1. The molecule has 0 bridgehead atoms. The van der Waals surface area contributed by atoms with Crippen molar-refractivity contribution in [1.82, 2.24) is 15.5 Å². The first-order valence-electron chi connectivity index (χ1n) is 6.59. The fourth-order valence-electron chi connectivity index (χ4n) is 1.87. The van der Waals surface area contributed by atoms with Crippen LogP contribution in [0.4, 0.5) is 5.69 Å². The van der Waals surface area contributed by atoms with Crippen LogP contribution in [0.2, 0.25) is 5.02 Å². The van der Waals surface area contributed by atoms with Crippen molar-refractivity contribution in [3.8, 4) is 10.6 Å². The first-order valence-corrected chi connectivity index (χ1v) is 7.79. The Morgan fingerprint density at radius 1 is 1.43 bits per heavy atom. The lowest BCUT2D eigenvalue weighted by Gasteiger charge is -2.00. The monoisotopic (exact) mass is 326 g/mol. The maximum Gasteiger partial charge on any atom is 0.281 e. The maximum absolute atomic E-state index is 11.1. The topological polar surface area (TPSA) is 81.0 Å². The van der Waals surface area contributed by atoms with Crippen LogP contribution in [0.1, 0.15) is 18.4 Å². The molecule has 0 aliphatic rings. The quantitative estimate of drug-likeness (QED) is 0.479. The summed E-state index contributed by atoms with van der Waals surface area (Å²) in [5, 5.41) is 24.1. The number of nitro benzene ring substituents is 1. The van der Waals surface area contributed by atoms with E-state index in [4.69, 9.17) is 11.6 Å². The molecule has 0 saturated heterocycles. The van der Waals surface area contributed by atoms with Gasteiger partial charge in [-0.25, -0.2) is 0 Å². The molecular weight excluding hydrogens is 312 g/mol. The minimum Gasteiger partial charge on any atom is -0.317 e. The normalized spacial score (nSPS) is 10.8. The van der Waals surface area contributed by atoms with Crippen LogP contribution in [0, 0.1) is 10.1 Å². The average molecular weight is 327 g/mol. The molecule has 2 aromatic rings. The zero-order valence-electron chi connectivity index (χ0n) is 11.5. The van der Waals surface area contributed by atoms with Gasteiger partial charge in [0.15, 0.2) is 5.01 Å². The van der Waals surface area contributed by atoms with Crippen LogP contribution in [-0.4, -0.2) is 28.2 Å². The molecular formula is C13H15ClN4O2S. The van der Waals surface area contributed by atoms with Crippen LogP contribution >= 0.6 is 22.9 Å². The van der Waals surface area contributed by atoms with Gasteiger partial charge in [0.1, 0.15) is 10.6 Å². The number of nitrogens with one attached hydrogen (secondary N) is 1.